The predicted octanol–water partition coefficient (Wildman–Crippen LogP) is 0.286. The Balaban J connectivity index is 2.82. The van der Waals surface area contributed by atoms with E-state index < -0.39 is 12.2 Å². The van der Waals surface area contributed by atoms with Gasteiger partial charge in [-0.05, 0) is 0 Å². The van der Waals surface area contributed by atoms with Gasteiger partial charge in [-0.25, -0.2) is 9.20 Å². The van der Waals surface area contributed by atoms with Crippen molar-refractivity contribution < 1.29 is 8.78 Å². The number of hydrogen-bond donors (Lipinski definition) is 0. The molecule has 0 atom stereocenters. The first kappa shape index (κ1) is 7.84. The van der Waals surface area contributed by atoms with Gasteiger partial charge in [0.1, 0.15) is 0 Å². The van der Waals surface area contributed by atoms with E-state index in [1.54, 1.807) is 0 Å². The second kappa shape index (κ2) is 2.61. The molecule has 0 saturated carbocycles. The van der Waals surface area contributed by atoms with Gasteiger partial charge in [0.15, 0.2) is 5.65 Å². The van der Waals surface area contributed by atoms with Crippen molar-refractivity contribution in [1.82, 2.24) is 19.2 Å². The number of nitrogens with zero attached hydrogens (tertiary/aromatic N) is 4. The second-order valence-electron chi connectivity index (χ2n) is 2.31. The third-order valence-corrected chi connectivity index (χ3v) is 1.54. The SMILES string of the molecule is O=c1n(C(F)F)nc2cnccn12. The topological polar surface area (TPSA) is 52.2 Å². The van der Waals surface area contributed by atoms with Crippen LogP contribution >= 0.6 is 0 Å². The molecule has 0 amide bonds. The second-order valence-corrected chi connectivity index (χ2v) is 2.31. The summed E-state index contributed by atoms with van der Waals surface area (Å²) in [5.74, 6) is 0. The van der Waals surface area contributed by atoms with Gasteiger partial charge >= 0.3 is 12.2 Å². The lowest BCUT2D eigenvalue weighted by molar-refractivity contribution is 0.0528. The standard InChI is InChI=1S/C6H4F2N4O/c7-5(8)12-6(13)11-2-1-9-3-4(11)10-12/h1-3,5H. The highest BCUT2D eigenvalue weighted by Gasteiger charge is 2.13. The van der Waals surface area contributed by atoms with Crippen LogP contribution < -0.4 is 5.69 Å². The molecule has 5 nitrogen and oxygen atoms in total. The van der Waals surface area contributed by atoms with E-state index in [9.17, 15) is 13.6 Å². The molecule has 0 unspecified atom stereocenters. The summed E-state index contributed by atoms with van der Waals surface area (Å²) in [5, 5.41) is 3.37. The Bertz CT molecular complexity index is 489. The van der Waals surface area contributed by atoms with E-state index in [-0.39, 0.29) is 10.3 Å². The number of alkyl halides is 2. The van der Waals surface area contributed by atoms with Crippen molar-refractivity contribution in [1.29, 1.82) is 0 Å². The minimum atomic E-state index is -2.92. The Morgan fingerprint density at radius 3 is 2.85 bits per heavy atom. The molecule has 0 aliphatic heterocycles. The molecule has 0 radical (unpaired) electrons. The van der Waals surface area contributed by atoms with Gasteiger partial charge in [0.25, 0.3) is 0 Å². The zero-order valence-corrected chi connectivity index (χ0v) is 6.26. The Hall–Kier alpha value is -1.79. The van der Waals surface area contributed by atoms with Crippen LogP contribution in [0.1, 0.15) is 6.55 Å². The average molecular weight is 186 g/mol. The van der Waals surface area contributed by atoms with Gasteiger partial charge in [-0.1, -0.05) is 0 Å². The van der Waals surface area contributed by atoms with Crippen LogP contribution in [0.2, 0.25) is 0 Å². The van der Waals surface area contributed by atoms with Crippen molar-refractivity contribution in [2.24, 2.45) is 0 Å². The van der Waals surface area contributed by atoms with Crippen molar-refractivity contribution >= 4 is 5.65 Å². The lowest BCUT2D eigenvalue weighted by Gasteiger charge is -1.91. The van der Waals surface area contributed by atoms with Gasteiger partial charge in [0.05, 0.1) is 6.20 Å². The van der Waals surface area contributed by atoms with Crippen molar-refractivity contribution in [3.63, 3.8) is 0 Å². The van der Waals surface area contributed by atoms with E-state index in [0.717, 1.165) is 4.40 Å². The third kappa shape index (κ3) is 1.08. The van der Waals surface area contributed by atoms with Crippen LogP contribution in [0.4, 0.5) is 8.78 Å². The highest BCUT2D eigenvalue weighted by molar-refractivity contribution is 5.31. The number of aromatic nitrogens is 4. The van der Waals surface area contributed by atoms with E-state index in [0.29, 0.717) is 0 Å². The van der Waals surface area contributed by atoms with E-state index >= 15 is 0 Å². The molecular formula is C6H4F2N4O. The fourth-order valence-corrected chi connectivity index (χ4v) is 0.980. The first-order chi connectivity index (χ1) is 6.20. The average Bonchev–Trinajstić information content (AvgIpc) is 2.45. The minimum absolute atomic E-state index is 0.104. The van der Waals surface area contributed by atoms with E-state index in [4.69, 9.17) is 0 Å². The van der Waals surface area contributed by atoms with Crippen LogP contribution in [0.3, 0.4) is 0 Å². The van der Waals surface area contributed by atoms with Gasteiger partial charge in [-0.2, -0.15) is 8.78 Å². The fourth-order valence-electron chi connectivity index (χ4n) is 0.980. The summed E-state index contributed by atoms with van der Waals surface area (Å²) in [7, 11) is 0. The van der Waals surface area contributed by atoms with Crippen LogP contribution in [-0.2, 0) is 0 Å². The number of rotatable bonds is 1. The summed E-state index contributed by atoms with van der Waals surface area (Å²) >= 11 is 0. The number of halogens is 2. The van der Waals surface area contributed by atoms with Crippen molar-refractivity contribution in [3.8, 4) is 0 Å². The maximum atomic E-state index is 12.1. The molecule has 68 valence electrons. The molecule has 13 heavy (non-hydrogen) atoms. The Morgan fingerprint density at radius 2 is 2.23 bits per heavy atom. The van der Waals surface area contributed by atoms with Gasteiger partial charge < -0.3 is 0 Å². The molecule has 0 saturated heterocycles. The highest BCUT2D eigenvalue weighted by atomic mass is 19.3. The number of fused-ring (bicyclic) bond motifs is 1. The lowest BCUT2D eigenvalue weighted by Crippen LogP contribution is -2.21. The smallest absolute Gasteiger partial charge is 0.259 e. The van der Waals surface area contributed by atoms with E-state index in [2.05, 4.69) is 10.1 Å². The summed E-state index contributed by atoms with van der Waals surface area (Å²) < 4.78 is 25.4. The summed E-state index contributed by atoms with van der Waals surface area (Å²) in [5.41, 5.74) is -0.764. The molecule has 2 rings (SSSR count). The molecule has 0 N–H and O–H groups in total. The molecule has 0 fully saturated rings. The van der Waals surface area contributed by atoms with Crippen LogP contribution in [-0.4, -0.2) is 19.2 Å². The van der Waals surface area contributed by atoms with Crippen molar-refractivity contribution in [3.05, 3.63) is 29.1 Å². The Morgan fingerprint density at radius 1 is 1.46 bits per heavy atom. The largest absolute Gasteiger partial charge is 0.355 e. The van der Waals surface area contributed by atoms with Crippen molar-refractivity contribution in [2.45, 2.75) is 6.55 Å². The van der Waals surface area contributed by atoms with Crippen LogP contribution in [0.25, 0.3) is 5.65 Å². The van der Waals surface area contributed by atoms with E-state index in [1.165, 1.54) is 18.6 Å². The molecule has 0 aromatic carbocycles. The molecule has 2 aromatic heterocycles. The monoisotopic (exact) mass is 186 g/mol. The molecule has 0 aliphatic rings. The first-order valence-corrected chi connectivity index (χ1v) is 3.39. The molecule has 7 heteroatoms. The van der Waals surface area contributed by atoms with Crippen LogP contribution in [0, 0.1) is 0 Å². The summed E-state index contributed by atoms with van der Waals surface area (Å²) in [6.45, 7) is -2.92. The Labute approximate surface area is 70.2 Å². The summed E-state index contributed by atoms with van der Waals surface area (Å²) in [6, 6.07) is 0. The maximum Gasteiger partial charge on any atom is 0.355 e. The lowest BCUT2D eigenvalue weighted by atomic mass is 10.7. The molecule has 0 bridgehead atoms. The quantitative estimate of drug-likeness (QED) is 0.643. The fraction of sp³-hybridized carbons (Fsp3) is 0.167. The molecule has 0 spiro atoms. The zero-order chi connectivity index (χ0) is 9.42. The Kier molecular flexibility index (Phi) is 1.57. The minimum Gasteiger partial charge on any atom is -0.259 e. The van der Waals surface area contributed by atoms with E-state index in [1.807, 2.05) is 0 Å². The summed E-state index contributed by atoms with van der Waals surface area (Å²) in [4.78, 5) is 14.8. The van der Waals surface area contributed by atoms with Gasteiger partial charge in [-0.15, -0.1) is 9.78 Å². The number of hydrogen-bond acceptors (Lipinski definition) is 3. The predicted molar refractivity (Wildman–Crippen MR) is 38.5 cm³/mol. The third-order valence-electron chi connectivity index (χ3n) is 1.54. The van der Waals surface area contributed by atoms with Crippen LogP contribution in [0.15, 0.2) is 23.4 Å². The normalized spacial score (nSPS) is 11.3. The highest BCUT2D eigenvalue weighted by Crippen LogP contribution is 2.04. The van der Waals surface area contributed by atoms with Gasteiger partial charge in [0.2, 0.25) is 0 Å². The van der Waals surface area contributed by atoms with Crippen molar-refractivity contribution in [2.75, 3.05) is 0 Å². The van der Waals surface area contributed by atoms with Gasteiger partial charge in [-0.3, -0.25) is 4.98 Å². The summed E-state index contributed by atoms with van der Waals surface area (Å²) in [6.07, 6.45) is 3.84. The molecule has 2 aromatic rings. The van der Waals surface area contributed by atoms with Crippen LogP contribution in [0.5, 0.6) is 0 Å². The molecule has 0 aliphatic carbocycles. The first-order valence-electron chi connectivity index (χ1n) is 3.39. The molecule has 2 heterocycles. The maximum absolute atomic E-state index is 12.1. The van der Waals surface area contributed by atoms with Gasteiger partial charge in [0, 0.05) is 12.4 Å². The molecular weight excluding hydrogens is 182 g/mol. The zero-order valence-electron chi connectivity index (χ0n) is 6.26.